The molecule has 4 rings (SSSR count). The van der Waals surface area contributed by atoms with Crippen LogP contribution < -0.4 is 0 Å². The highest BCUT2D eigenvalue weighted by Crippen LogP contribution is 2.38. The maximum Gasteiger partial charge on any atom is 0.337 e. The summed E-state index contributed by atoms with van der Waals surface area (Å²) in [6, 6.07) is 18.8. The van der Waals surface area contributed by atoms with Gasteiger partial charge in [-0.05, 0) is 6.92 Å². The van der Waals surface area contributed by atoms with E-state index < -0.39 is 43.0 Å². The lowest BCUT2D eigenvalue weighted by molar-refractivity contribution is -0.371. The molecule has 154 valence electrons. The van der Waals surface area contributed by atoms with Crippen LogP contribution >= 0.6 is 0 Å². The molecule has 2 aromatic rings. The van der Waals surface area contributed by atoms with Crippen LogP contribution in [0.5, 0.6) is 0 Å². The molecule has 0 bridgehead atoms. The third-order valence-electron chi connectivity index (χ3n) is 4.94. The van der Waals surface area contributed by atoms with Gasteiger partial charge in [-0.1, -0.05) is 60.7 Å². The van der Waals surface area contributed by atoms with Crippen molar-refractivity contribution in [2.75, 3.05) is 13.2 Å². The van der Waals surface area contributed by atoms with Gasteiger partial charge in [-0.3, -0.25) is 0 Å². The van der Waals surface area contributed by atoms with Crippen LogP contribution in [0.2, 0.25) is 0 Å². The molecule has 0 aliphatic carbocycles. The topological polar surface area (TPSA) is 83.5 Å². The van der Waals surface area contributed by atoms with Gasteiger partial charge < -0.3 is 28.8 Å². The summed E-state index contributed by atoms with van der Waals surface area (Å²) in [5.41, 5.74) is 1.61. The number of hydrogen-bond acceptors (Lipinski definition) is 7. The Morgan fingerprint density at radius 3 is 2.24 bits per heavy atom. The summed E-state index contributed by atoms with van der Waals surface area (Å²) in [5.74, 6) is -0.753. The van der Waals surface area contributed by atoms with Crippen LogP contribution in [-0.4, -0.2) is 48.7 Å². The highest BCUT2D eigenvalue weighted by Gasteiger charge is 2.50. The van der Waals surface area contributed by atoms with Crippen molar-refractivity contribution in [3.8, 4) is 0 Å². The van der Waals surface area contributed by atoms with Crippen LogP contribution in [0.4, 0.5) is 0 Å². The predicted octanol–water partition coefficient (Wildman–Crippen LogP) is 2.51. The van der Waals surface area contributed by atoms with E-state index in [-0.39, 0.29) is 13.2 Å². The Morgan fingerprint density at radius 2 is 1.62 bits per heavy atom. The minimum absolute atomic E-state index is 0.159. The maximum atomic E-state index is 12.2. The zero-order chi connectivity index (χ0) is 20.2. The number of aliphatic hydroxyl groups is 1. The smallest absolute Gasteiger partial charge is 0.337 e. The normalized spacial score (nSPS) is 30.2. The molecule has 2 aromatic carbocycles. The van der Waals surface area contributed by atoms with E-state index in [1.807, 2.05) is 60.7 Å². The number of hydrogen-bond donors (Lipinski definition) is 1. The number of ether oxygens (including phenoxy) is 5. The fraction of sp³-hybridized carbons (Fsp3) is 0.409. The van der Waals surface area contributed by atoms with Gasteiger partial charge in [0, 0.05) is 11.1 Å². The summed E-state index contributed by atoms with van der Waals surface area (Å²) in [6.45, 7) is 2.08. The van der Waals surface area contributed by atoms with Gasteiger partial charge in [0.2, 0.25) is 0 Å². The molecule has 0 saturated carbocycles. The second-order valence-corrected chi connectivity index (χ2v) is 6.89. The number of fused-ring (bicyclic) bond motifs is 1. The SMILES string of the molecule is CCOC(=O)[C@@H](O)[C@H]1OC(c2ccccc2)O[C@H]2COC(c3ccccc3)O[C@@H]12. The van der Waals surface area contributed by atoms with Gasteiger partial charge in [-0.2, -0.15) is 0 Å². The van der Waals surface area contributed by atoms with Gasteiger partial charge in [-0.25, -0.2) is 4.79 Å². The zero-order valence-corrected chi connectivity index (χ0v) is 16.0. The number of rotatable bonds is 5. The fourth-order valence-electron chi connectivity index (χ4n) is 3.53. The first-order valence-electron chi connectivity index (χ1n) is 9.70. The van der Waals surface area contributed by atoms with Gasteiger partial charge in [0.25, 0.3) is 0 Å². The number of benzene rings is 2. The number of esters is 1. The monoisotopic (exact) mass is 400 g/mol. The third kappa shape index (κ3) is 4.34. The molecular formula is C22H24O7. The van der Waals surface area contributed by atoms with Crippen molar-refractivity contribution in [1.82, 2.24) is 0 Å². The Morgan fingerprint density at radius 1 is 1.00 bits per heavy atom. The molecule has 2 heterocycles. The molecule has 1 N–H and O–H groups in total. The molecule has 7 nitrogen and oxygen atoms in total. The molecule has 29 heavy (non-hydrogen) atoms. The largest absolute Gasteiger partial charge is 0.464 e. The van der Waals surface area contributed by atoms with E-state index in [1.54, 1.807) is 6.92 Å². The summed E-state index contributed by atoms with van der Waals surface area (Å²) < 4.78 is 29.0. The molecule has 0 radical (unpaired) electrons. The van der Waals surface area contributed by atoms with Crippen molar-refractivity contribution in [2.45, 2.75) is 43.9 Å². The molecule has 2 fully saturated rings. The molecule has 2 aliphatic rings. The van der Waals surface area contributed by atoms with Gasteiger partial charge in [0.05, 0.1) is 13.2 Å². The van der Waals surface area contributed by atoms with Crippen molar-refractivity contribution in [2.24, 2.45) is 0 Å². The first-order valence-corrected chi connectivity index (χ1v) is 9.70. The van der Waals surface area contributed by atoms with Crippen LogP contribution in [0.25, 0.3) is 0 Å². The first-order chi connectivity index (χ1) is 14.2. The minimum atomic E-state index is -1.51. The second kappa shape index (κ2) is 9.02. The van der Waals surface area contributed by atoms with Crippen molar-refractivity contribution in [3.05, 3.63) is 71.8 Å². The van der Waals surface area contributed by atoms with Gasteiger partial charge in [-0.15, -0.1) is 0 Å². The quantitative estimate of drug-likeness (QED) is 0.772. The molecule has 2 aliphatic heterocycles. The lowest BCUT2D eigenvalue weighted by Crippen LogP contribution is -2.59. The lowest BCUT2D eigenvalue weighted by atomic mass is 9.99. The zero-order valence-electron chi connectivity index (χ0n) is 16.0. The van der Waals surface area contributed by atoms with Crippen molar-refractivity contribution in [3.63, 3.8) is 0 Å². The number of carbonyl (C=O) groups excluding carboxylic acids is 1. The molecular weight excluding hydrogens is 376 g/mol. The standard InChI is InChI=1S/C22H24O7/c1-2-25-20(24)17(23)19-18-16(27-22(29-19)15-11-7-4-8-12-15)13-26-21(28-18)14-9-5-3-6-10-14/h3-12,16-19,21-23H,2,13H2,1H3/t16-,17-,18+,19+,21?,22?/m0/s1. The summed E-state index contributed by atoms with van der Waals surface area (Å²) in [4.78, 5) is 12.2. The number of aliphatic hydroxyl groups excluding tert-OH is 1. The minimum Gasteiger partial charge on any atom is -0.464 e. The van der Waals surface area contributed by atoms with E-state index >= 15 is 0 Å². The fourth-order valence-corrected chi connectivity index (χ4v) is 3.53. The Labute approximate surface area is 169 Å². The van der Waals surface area contributed by atoms with Crippen molar-refractivity contribution < 1.29 is 33.6 Å². The molecule has 0 amide bonds. The summed E-state index contributed by atoms with van der Waals surface area (Å²) in [7, 11) is 0. The van der Waals surface area contributed by atoms with E-state index in [0.717, 1.165) is 11.1 Å². The van der Waals surface area contributed by atoms with Crippen LogP contribution in [0.3, 0.4) is 0 Å². The van der Waals surface area contributed by atoms with E-state index in [2.05, 4.69) is 0 Å². The molecule has 7 heteroatoms. The van der Waals surface area contributed by atoms with Gasteiger partial charge in [0.15, 0.2) is 18.7 Å². The highest BCUT2D eigenvalue weighted by atomic mass is 16.8. The average Bonchev–Trinajstić information content (AvgIpc) is 2.79. The second-order valence-electron chi connectivity index (χ2n) is 6.89. The van der Waals surface area contributed by atoms with Gasteiger partial charge >= 0.3 is 5.97 Å². The molecule has 6 atom stereocenters. The van der Waals surface area contributed by atoms with Crippen molar-refractivity contribution in [1.29, 1.82) is 0 Å². The molecule has 2 unspecified atom stereocenters. The Hall–Kier alpha value is -2.29. The summed E-state index contributed by atoms with van der Waals surface area (Å²) in [6.07, 6.45) is -5.08. The van der Waals surface area contributed by atoms with Gasteiger partial charge in [0.1, 0.15) is 18.3 Å². The summed E-state index contributed by atoms with van der Waals surface area (Å²) in [5, 5.41) is 10.7. The molecule has 2 saturated heterocycles. The van der Waals surface area contributed by atoms with E-state index in [9.17, 15) is 9.90 Å². The van der Waals surface area contributed by atoms with Crippen LogP contribution in [0.1, 0.15) is 30.6 Å². The Kier molecular flexibility index (Phi) is 6.22. The first kappa shape index (κ1) is 20.0. The Bertz CT molecular complexity index is 797. The van der Waals surface area contributed by atoms with E-state index in [4.69, 9.17) is 23.7 Å². The third-order valence-corrected chi connectivity index (χ3v) is 4.94. The average molecular weight is 400 g/mol. The summed E-state index contributed by atoms with van der Waals surface area (Å²) >= 11 is 0. The molecule has 0 spiro atoms. The lowest BCUT2D eigenvalue weighted by Gasteiger charge is -2.46. The van der Waals surface area contributed by atoms with Crippen LogP contribution in [0, 0.1) is 0 Å². The highest BCUT2D eigenvalue weighted by molar-refractivity contribution is 5.75. The van der Waals surface area contributed by atoms with Crippen LogP contribution in [0.15, 0.2) is 60.7 Å². The number of carbonyl (C=O) groups is 1. The maximum absolute atomic E-state index is 12.2. The van der Waals surface area contributed by atoms with E-state index in [1.165, 1.54) is 0 Å². The Balaban J connectivity index is 1.58. The van der Waals surface area contributed by atoms with Crippen molar-refractivity contribution >= 4 is 5.97 Å². The molecule has 0 aromatic heterocycles. The van der Waals surface area contributed by atoms with Crippen LogP contribution in [-0.2, 0) is 28.5 Å². The van der Waals surface area contributed by atoms with E-state index in [0.29, 0.717) is 0 Å². The predicted molar refractivity (Wildman–Crippen MR) is 102 cm³/mol.